The number of Topliss-reactive ketones (excluding diaryl/α,β-unsaturated/α-hetero) is 1. The standard InChI is InChI=1S/C21H34NO3S2/c1-16-8-10-17(11-9-16)18(23)19(20(2,3)4)26-14-12-22(13-15-26)27(24,25)21(5,6)7/h8-11,19H,12-15H2,1-7H3/q+1. The number of ketones is 1. The number of carbonyl (C=O) groups is 1. The van der Waals surface area contributed by atoms with E-state index in [9.17, 15) is 13.2 Å². The van der Waals surface area contributed by atoms with Gasteiger partial charge in [-0.1, -0.05) is 50.6 Å². The molecule has 1 heterocycles. The first-order chi connectivity index (χ1) is 12.2. The minimum absolute atomic E-state index is 0.0836. The molecule has 1 atom stereocenters. The van der Waals surface area contributed by atoms with Crippen LogP contribution in [-0.2, 0) is 20.9 Å². The van der Waals surface area contributed by atoms with E-state index in [0.717, 1.165) is 22.6 Å². The lowest BCUT2D eigenvalue weighted by Crippen LogP contribution is -2.54. The summed E-state index contributed by atoms with van der Waals surface area (Å²) in [4.78, 5) is 13.3. The number of benzene rings is 1. The van der Waals surface area contributed by atoms with Gasteiger partial charge in [0.15, 0.2) is 5.25 Å². The molecule has 152 valence electrons. The maximum atomic E-state index is 13.3. The van der Waals surface area contributed by atoms with Crippen molar-refractivity contribution in [3.8, 4) is 0 Å². The highest BCUT2D eigenvalue weighted by molar-refractivity contribution is 7.98. The summed E-state index contributed by atoms with van der Waals surface area (Å²) >= 11 is 0. The fourth-order valence-corrected chi connectivity index (χ4v) is 8.12. The number of aryl methyl sites for hydroxylation is 1. The zero-order chi connectivity index (χ0) is 20.6. The lowest BCUT2D eigenvalue weighted by molar-refractivity contribution is 0.0948. The number of carbonyl (C=O) groups excluding carboxylic acids is 1. The quantitative estimate of drug-likeness (QED) is 0.560. The first-order valence-electron chi connectivity index (χ1n) is 9.52. The molecule has 0 spiro atoms. The molecule has 6 heteroatoms. The van der Waals surface area contributed by atoms with Gasteiger partial charge < -0.3 is 0 Å². The molecule has 1 aromatic carbocycles. The number of hydrogen-bond acceptors (Lipinski definition) is 3. The van der Waals surface area contributed by atoms with Gasteiger partial charge in [0.05, 0.1) is 17.8 Å². The van der Waals surface area contributed by atoms with Crippen LogP contribution in [0.15, 0.2) is 24.3 Å². The molecule has 0 N–H and O–H groups in total. The summed E-state index contributed by atoms with van der Waals surface area (Å²) in [6, 6.07) is 7.79. The summed E-state index contributed by atoms with van der Waals surface area (Å²) in [5.41, 5.74) is 1.75. The molecule has 0 aromatic heterocycles. The third-order valence-corrected chi connectivity index (χ3v) is 10.6. The Morgan fingerprint density at radius 3 is 1.89 bits per heavy atom. The average molecular weight is 413 g/mol. The molecule has 27 heavy (non-hydrogen) atoms. The maximum Gasteiger partial charge on any atom is 0.219 e. The van der Waals surface area contributed by atoms with E-state index in [4.69, 9.17) is 0 Å². The van der Waals surface area contributed by atoms with Crippen molar-refractivity contribution < 1.29 is 13.2 Å². The van der Waals surface area contributed by atoms with Crippen LogP contribution in [0.3, 0.4) is 0 Å². The van der Waals surface area contributed by atoms with Gasteiger partial charge >= 0.3 is 0 Å². The van der Waals surface area contributed by atoms with Crippen molar-refractivity contribution >= 4 is 26.7 Å². The highest BCUT2D eigenvalue weighted by Crippen LogP contribution is 2.33. The molecule has 0 saturated carbocycles. The molecule has 1 fully saturated rings. The van der Waals surface area contributed by atoms with Crippen LogP contribution >= 0.6 is 0 Å². The second-order valence-electron chi connectivity index (χ2n) is 9.44. The Kier molecular flexibility index (Phi) is 6.55. The Hall–Kier alpha value is -0.850. The Bertz CT molecular complexity index is 763. The molecule has 2 rings (SSSR count). The molecule has 1 aliphatic rings. The van der Waals surface area contributed by atoms with E-state index in [1.54, 1.807) is 25.1 Å². The normalized spacial score (nSPS) is 19.1. The van der Waals surface area contributed by atoms with Crippen molar-refractivity contribution in [1.29, 1.82) is 0 Å². The smallest absolute Gasteiger partial charge is 0.219 e. The van der Waals surface area contributed by atoms with E-state index in [0.29, 0.717) is 13.1 Å². The molecule has 0 radical (unpaired) electrons. The Morgan fingerprint density at radius 2 is 1.48 bits per heavy atom. The van der Waals surface area contributed by atoms with Gasteiger partial charge in [-0.3, -0.25) is 4.79 Å². The fourth-order valence-electron chi connectivity index (χ4n) is 3.43. The lowest BCUT2D eigenvalue weighted by atomic mass is 9.87. The molecule has 4 nitrogen and oxygen atoms in total. The van der Waals surface area contributed by atoms with Crippen LogP contribution in [0.2, 0.25) is 0 Å². The van der Waals surface area contributed by atoms with Crippen molar-refractivity contribution in [3.63, 3.8) is 0 Å². The van der Waals surface area contributed by atoms with Crippen molar-refractivity contribution in [3.05, 3.63) is 35.4 Å². The van der Waals surface area contributed by atoms with Gasteiger partial charge in [-0.25, -0.2) is 8.42 Å². The van der Waals surface area contributed by atoms with Crippen LogP contribution in [0.1, 0.15) is 57.5 Å². The molecule has 1 saturated heterocycles. The highest BCUT2D eigenvalue weighted by Gasteiger charge is 2.49. The van der Waals surface area contributed by atoms with Gasteiger partial charge in [-0.2, -0.15) is 4.31 Å². The molecule has 1 unspecified atom stereocenters. The predicted octanol–water partition coefficient (Wildman–Crippen LogP) is 3.65. The Labute approximate surface area is 168 Å². The summed E-state index contributed by atoms with van der Waals surface area (Å²) < 4.78 is 26.3. The average Bonchev–Trinajstić information content (AvgIpc) is 2.53. The van der Waals surface area contributed by atoms with Crippen LogP contribution in [0, 0.1) is 12.3 Å². The summed E-state index contributed by atoms with van der Waals surface area (Å²) in [7, 11) is -3.43. The van der Waals surface area contributed by atoms with Gasteiger partial charge in [0, 0.05) is 21.9 Å². The van der Waals surface area contributed by atoms with E-state index in [1.807, 2.05) is 31.2 Å². The van der Waals surface area contributed by atoms with E-state index in [1.165, 1.54) is 0 Å². The van der Waals surface area contributed by atoms with Crippen molar-refractivity contribution in [2.24, 2.45) is 5.41 Å². The third kappa shape index (κ3) is 4.96. The zero-order valence-electron chi connectivity index (χ0n) is 17.7. The molecular formula is C21H34NO3S2+. The summed E-state index contributed by atoms with van der Waals surface area (Å²) in [6.45, 7) is 14.6. The van der Waals surface area contributed by atoms with Crippen LogP contribution in [-0.4, -0.2) is 53.1 Å². The Balaban J connectivity index is 2.21. The van der Waals surface area contributed by atoms with Gasteiger partial charge in [0.25, 0.3) is 0 Å². The lowest BCUT2D eigenvalue weighted by Gasteiger charge is -2.36. The zero-order valence-corrected chi connectivity index (χ0v) is 19.3. The topological polar surface area (TPSA) is 54.5 Å². The van der Waals surface area contributed by atoms with Crippen molar-refractivity contribution in [2.75, 3.05) is 24.6 Å². The number of hydrogen-bond donors (Lipinski definition) is 0. The minimum Gasteiger partial charge on any atom is -0.288 e. The monoisotopic (exact) mass is 412 g/mol. The van der Waals surface area contributed by atoms with Crippen molar-refractivity contribution in [2.45, 2.75) is 58.5 Å². The Morgan fingerprint density at radius 1 is 1.00 bits per heavy atom. The minimum atomic E-state index is -3.31. The molecule has 0 amide bonds. The van der Waals surface area contributed by atoms with Gasteiger partial charge in [-0.05, 0) is 27.7 Å². The number of sulfonamides is 1. The number of rotatable bonds is 4. The van der Waals surface area contributed by atoms with E-state index < -0.39 is 14.8 Å². The summed E-state index contributed by atoms with van der Waals surface area (Å²) in [5.74, 6) is 1.71. The maximum absolute atomic E-state index is 13.3. The van der Waals surface area contributed by atoms with E-state index >= 15 is 0 Å². The first kappa shape index (κ1) is 22.4. The van der Waals surface area contributed by atoms with Gasteiger partial charge in [-0.15, -0.1) is 0 Å². The molecule has 0 aliphatic carbocycles. The predicted molar refractivity (Wildman–Crippen MR) is 116 cm³/mol. The molecule has 0 bridgehead atoms. The van der Waals surface area contributed by atoms with Crippen LogP contribution in [0.4, 0.5) is 0 Å². The summed E-state index contributed by atoms with van der Waals surface area (Å²) in [5, 5.41) is -0.0836. The van der Waals surface area contributed by atoms with Gasteiger partial charge in [0.1, 0.15) is 11.5 Å². The van der Waals surface area contributed by atoms with Gasteiger partial charge in [0.2, 0.25) is 15.8 Å². The second-order valence-corrected chi connectivity index (χ2v) is 14.5. The van der Waals surface area contributed by atoms with Crippen molar-refractivity contribution in [1.82, 2.24) is 4.31 Å². The molecular weight excluding hydrogens is 378 g/mol. The van der Waals surface area contributed by atoms with E-state index in [2.05, 4.69) is 20.8 Å². The molecule has 1 aliphatic heterocycles. The fraction of sp³-hybridized carbons (Fsp3) is 0.667. The first-order valence-corrected chi connectivity index (χ1v) is 12.6. The SMILES string of the molecule is Cc1ccc(C(=O)C([S+]2CCN(S(=O)(=O)C(C)(C)C)CC2)C(C)(C)C)cc1. The van der Waals surface area contributed by atoms with E-state index in [-0.39, 0.29) is 27.3 Å². The summed E-state index contributed by atoms with van der Waals surface area (Å²) in [6.07, 6.45) is 0. The second kappa shape index (κ2) is 7.88. The molecule has 1 aromatic rings. The van der Waals surface area contributed by atoms with Crippen LogP contribution in [0.25, 0.3) is 0 Å². The van der Waals surface area contributed by atoms with Crippen LogP contribution in [0.5, 0.6) is 0 Å². The highest BCUT2D eigenvalue weighted by atomic mass is 32.2. The van der Waals surface area contributed by atoms with Crippen LogP contribution < -0.4 is 0 Å². The number of nitrogens with zero attached hydrogens (tertiary/aromatic N) is 1. The third-order valence-electron chi connectivity index (χ3n) is 5.01. The largest absolute Gasteiger partial charge is 0.288 e.